The molecular weight excluding hydrogens is 210 g/mol. The fourth-order valence-electron chi connectivity index (χ4n) is 2.88. The number of hydrogen-bond acceptors (Lipinski definition) is 2. The highest BCUT2D eigenvalue weighted by molar-refractivity contribution is 5.13. The van der Waals surface area contributed by atoms with Crippen molar-refractivity contribution >= 4 is 0 Å². The summed E-state index contributed by atoms with van der Waals surface area (Å²) >= 11 is 0. The highest BCUT2D eigenvalue weighted by atomic mass is 15.3. The molecule has 0 spiro atoms. The summed E-state index contributed by atoms with van der Waals surface area (Å²) in [6, 6.07) is 2.22. The SMILES string of the molecule is CCc1cc(CC2(N)CCCCCC2)n(C)n1. The van der Waals surface area contributed by atoms with E-state index in [4.69, 9.17) is 5.73 Å². The van der Waals surface area contributed by atoms with Crippen LogP contribution in [-0.4, -0.2) is 15.3 Å². The van der Waals surface area contributed by atoms with Gasteiger partial charge in [0.05, 0.1) is 5.69 Å². The molecule has 0 unspecified atom stereocenters. The van der Waals surface area contributed by atoms with Crippen molar-refractivity contribution in [2.45, 2.75) is 63.8 Å². The van der Waals surface area contributed by atoms with Crippen molar-refractivity contribution in [3.63, 3.8) is 0 Å². The number of aryl methyl sites for hydroxylation is 2. The molecule has 17 heavy (non-hydrogen) atoms. The molecule has 1 aromatic rings. The lowest BCUT2D eigenvalue weighted by Gasteiger charge is -2.27. The van der Waals surface area contributed by atoms with E-state index in [9.17, 15) is 0 Å². The first-order valence-corrected chi connectivity index (χ1v) is 6.94. The van der Waals surface area contributed by atoms with Gasteiger partial charge in [-0.25, -0.2) is 0 Å². The van der Waals surface area contributed by atoms with E-state index >= 15 is 0 Å². The first kappa shape index (κ1) is 12.6. The first-order valence-electron chi connectivity index (χ1n) is 6.94. The molecule has 0 atom stereocenters. The monoisotopic (exact) mass is 235 g/mol. The maximum absolute atomic E-state index is 6.57. The molecule has 1 heterocycles. The van der Waals surface area contributed by atoms with Crippen molar-refractivity contribution < 1.29 is 0 Å². The van der Waals surface area contributed by atoms with Crippen molar-refractivity contribution in [1.82, 2.24) is 9.78 Å². The van der Waals surface area contributed by atoms with E-state index in [-0.39, 0.29) is 5.54 Å². The zero-order valence-electron chi connectivity index (χ0n) is 11.2. The molecule has 0 bridgehead atoms. The number of hydrogen-bond donors (Lipinski definition) is 1. The molecule has 3 heteroatoms. The second-order valence-electron chi connectivity index (χ2n) is 5.56. The van der Waals surface area contributed by atoms with Gasteiger partial charge in [0.25, 0.3) is 0 Å². The molecule has 1 aliphatic carbocycles. The minimum atomic E-state index is 0.00923. The average molecular weight is 235 g/mol. The lowest BCUT2D eigenvalue weighted by molar-refractivity contribution is 0.361. The van der Waals surface area contributed by atoms with Crippen LogP contribution in [0.5, 0.6) is 0 Å². The van der Waals surface area contributed by atoms with Gasteiger partial charge in [0.15, 0.2) is 0 Å². The number of nitrogens with zero attached hydrogens (tertiary/aromatic N) is 2. The Labute approximate surface area is 104 Å². The van der Waals surface area contributed by atoms with Crippen molar-refractivity contribution in [3.05, 3.63) is 17.5 Å². The van der Waals surface area contributed by atoms with Crippen LogP contribution in [0.3, 0.4) is 0 Å². The van der Waals surface area contributed by atoms with Crippen LogP contribution in [0.25, 0.3) is 0 Å². The minimum Gasteiger partial charge on any atom is -0.325 e. The van der Waals surface area contributed by atoms with Crippen LogP contribution in [0.4, 0.5) is 0 Å². The molecule has 1 saturated carbocycles. The highest BCUT2D eigenvalue weighted by Gasteiger charge is 2.27. The van der Waals surface area contributed by atoms with Gasteiger partial charge in [0, 0.05) is 24.7 Å². The van der Waals surface area contributed by atoms with Crippen LogP contribution >= 0.6 is 0 Å². The minimum absolute atomic E-state index is 0.00923. The Morgan fingerprint density at radius 3 is 2.47 bits per heavy atom. The lowest BCUT2D eigenvalue weighted by atomic mass is 9.86. The Kier molecular flexibility index (Phi) is 3.87. The summed E-state index contributed by atoms with van der Waals surface area (Å²) in [6.07, 6.45) is 9.60. The standard InChI is InChI=1S/C14H25N3/c1-3-12-10-13(17(2)16-12)11-14(15)8-6-4-5-7-9-14/h10H,3-9,11,15H2,1-2H3. The van der Waals surface area contributed by atoms with Crippen molar-refractivity contribution in [2.75, 3.05) is 0 Å². The summed E-state index contributed by atoms with van der Waals surface area (Å²) in [4.78, 5) is 0. The third-order valence-corrected chi connectivity index (χ3v) is 4.02. The predicted molar refractivity (Wildman–Crippen MR) is 70.9 cm³/mol. The van der Waals surface area contributed by atoms with Gasteiger partial charge in [-0.15, -0.1) is 0 Å². The normalized spacial score (nSPS) is 20.2. The zero-order chi connectivity index (χ0) is 12.3. The van der Waals surface area contributed by atoms with Gasteiger partial charge < -0.3 is 5.73 Å². The Morgan fingerprint density at radius 1 is 1.29 bits per heavy atom. The molecular formula is C14H25N3. The summed E-state index contributed by atoms with van der Waals surface area (Å²) < 4.78 is 2.01. The third-order valence-electron chi connectivity index (χ3n) is 4.02. The molecule has 0 radical (unpaired) electrons. The maximum atomic E-state index is 6.57. The average Bonchev–Trinajstić information content (AvgIpc) is 2.51. The van der Waals surface area contributed by atoms with Crippen LogP contribution in [0, 0.1) is 0 Å². The highest BCUT2D eigenvalue weighted by Crippen LogP contribution is 2.28. The van der Waals surface area contributed by atoms with Crippen molar-refractivity contribution in [3.8, 4) is 0 Å². The topological polar surface area (TPSA) is 43.8 Å². The molecule has 2 rings (SSSR count). The molecule has 0 aliphatic heterocycles. The Hall–Kier alpha value is -0.830. The van der Waals surface area contributed by atoms with Crippen LogP contribution in [0.2, 0.25) is 0 Å². The fraction of sp³-hybridized carbons (Fsp3) is 0.786. The quantitative estimate of drug-likeness (QED) is 0.818. The Balaban J connectivity index is 2.09. The van der Waals surface area contributed by atoms with E-state index in [2.05, 4.69) is 18.1 Å². The lowest BCUT2D eigenvalue weighted by Crippen LogP contribution is -2.42. The molecule has 0 aromatic carbocycles. The number of aromatic nitrogens is 2. The molecule has 0 amide bonds. The van der Waals surface area contributed by atoms with Gasteiger partial charge >= 0.3 is 0 Å². The maximum Gasteiger partial charge on any atom is 0.0624 e. The van der Waals surface area contributed by atoms with Crippen LogP contribution in [0.15, 0.2) is 6.07 Å². The van der Waals surface area contributed by atoms with Crippen LogP contribution in [-0.2, 0) is 19.9 Å². The summed E-state index contributed by atoms with van der Waals surface area (Å²) in [5.41, 5.74) is 9.06. The Bertz CT molecular complexity index is 360. The first-order chi connectivity index (χ1) is 8.13. The van der Waals surface area contributed by atoms with E-state index in [0.717, 1.165) is 12.8 Å². The summed E-state index contributed by atoms with van der Waals surface area (Å²) in [7, 11) is 2.04. The number of rotatable bonds is 3. The van der Waals surface area contributed by atoms with Crippen molar-refractivity contribution in [2.24, 2.45) is 12.8 Å². The van der Waals surface area contributed by atoms with Gasteiger partial charge in [-0.2, -0.15) is 5.10 Å². The Morgan fingerprint density at radius 2 is 1.94 bits per heavy atom. The van der Waals surface area contributed by atoms with E-state index in [0.29, 0.717) is 0 Å². The van der Waals surface area contributed by atoms with E-state index in [1.54, 1.807) is 0 Å². The summed E-state index contributed by atoms with van der Waals surface area (Å²) in [6.45, 7) is 2.15. The second-order valence-corrected chi connectivity index (χ2v) is 5.56. The molecule has 3 nitrogen and oxygen atoms in total. The van der Waals surface area contributed by atoms with Gasteiger partial charge in [0.1, 0.15) is 0 Å². The van der Waals surface area contributed by atoms with Gasteiger partial charge in [-0.05, 0) is 25.3 Å². The molecule has 1 aliphatic rings. The van der Waals surface area contributed by atoms with Gasteiger partial charge in [-0.3, -0.25) is 4.68 Å². The second kappa shape index (κ2) is 5.21. The zero-order valence-corrected chi connectivity index (χ0v) is 11.2. The molecule has 1 aromatic heterocycles. The smallest absolute Gasteiger partial charge is 0.0624 e. The predicted octanol–water partition coefficient (Wildman–Crippen LogP) is 2.58. The van der Waals surface area contributed by atoms with Crippen LogP contribution in [0.1, 0.15) is 56.8 Å². The summed E-state index contributed by atoms with van der Waals surface area (Å²) in [5.74, 6) is 0. The summed E-state index contributed by atoms with van der Waals surface area (Å²) in [5, 5.41) is 4.51. The van der Waals surface area contributed by atoms with Gasteiger partial charge in [0.2, 0.25) is 0 Å². The van der Waals surface area contributed by atoms with Gasteiger partial charge in [-0.1, -0.05) is 32.6 Å². The molecule has 0 saturated heterocycles. The van der Waals surface area contributed by atoms with E-state index in [1.165, 1.54) is 49.9 Å². The molecule has 1 fully saturated rings. The van der Waals surface area contributed by atoms with Crippen molar-refractivity contribution in [1.29, 1.82) is 0 Å². The largest absolute Gasteiger partial charge is 0.325 e. The van der Waals surface area contributed by atoms with Crippen LogP contribution < -0.4 is 5.73 Å². The number of nitrogens with two attached hydrogens (primary N) is 1. The molecule has 96 valence electrons. The van der Waals surface area contributed by atoms with E-state index in [1.807, 2.05) is 11.7 Å². The molecule has 2 N–H and O–H groups in total. The van der Waals surface area contributed by atoms with E-state index < -0.39 is 0 Å². The fourth-order valence-corrected chi connectivity index (χ4v) is 2.88. The third kappa shape index (κ3) is 3.09.